The first kappa shape index (κ1) is 18.5. The molecule has 1 fully saturated rings. The second kappa shape index (κ2) is 8.84. The lowest BCUT2D eigenvalue weighted by atomic mass is 10.1. The molecule has 8 heteroatoms. The molecule has 2 aromatic rings. The van der Waals surface area contributed by atoms with Crippen molar-refractivity contribution < 1.29 is 21.9 Å². The van der Waals surface area contributed by atoms with Crippen LogP contribution in [0.3, 0.4) is 0 Å². The summed E-state index contributed by atoms with van der Waals surface area (Å²) in [4.78, 5) is 12.2. The summed E-state index contributed by atoms with van der Waals surface area (Å²) in [6, 6.07) is 9.29. The van der Waals surface area contributed by atoms with E-state index in [1.165, 1.54) is 8.88 Å². The summed E-state index contributed by atoms with van der Waals surface area (Å²) >= 11 is 1.60. The van der Waals surface area contributed by atoms with Crippen LogP contribution in [0.2, 0.25) is 0 Å². The number of carbonyl (C=O) groups is 1. The van der Waals surface area contributed by atoms with E-state index >= 15 is 0 Å². The minimum Gasteiger partial charge on any atom is -1.00 e. The fourth-order valence-electron chi connectivity index (χ4n) is 2.12. The van der Waals surface area contributed by atoms with Crippen molar-refractivity contribution in [3.63, 3.8) is 0 Å². The summed E-state index contributed by atoms with van der Waals surface area (Å²) in [5.74, 6) is 0.594. The molecule has 124 valence electrons. The molecule has 3 rings (SSSR count). The summed E-state index contributed by atoms with van der Waals surface area (Å²) in [6.07, 6.45) is 0. The molecular formula is C15H17ClN2O2S3. The van der Waals surface area contributed by atoms with E-state index in [2.05, 4.69) is 10.6 Å². The zero-order chi connectivity index (χ0) is 15.4. The van der Waals surface area contributed by atoms with E-state index in [1.54, 1.807) is 56.7 Å². The van der Waals surface area contributed by atoms with Crippen molar-refractivity contribution in [2.75, 3.05) is 37.8 Å². The Bertz CT molecular complexity index is 717. The monoisotopic (exact) mass is 388 g/mol. The fraction of sp³-hybridized carbons (Fsp3) is 0.333. The van der Waals surface area contributed by atoms with Crippen LogP contribution in [0.4, 0.5) is 5.69 Å². The number of hydrogen-bond donors (Lipinski definition) is 1. The van der Waals surface area contributed by atoms with Gasteiger partial charge in [0.2, 0.25) is 0 Å². The molecule has 2 N–H and O–H groups in total. The first-order valence-corrected chi connectivity index (χ1v) is 10.1. The van der Waals surface area contributed by atoms with Crippen molar-refractivity contribution in [2.45, 2.75) is 4.21 Å². The van der Waals surface area contributed by atoms with Crippen molar-refractivity contribution in [3.05, 3.63) is 40.6 Å². The largest absolute Gasteiger partial charge is 1.00 e. The van der Waals surface area contributed by atoms with Gasteiger partial charge in [0.05, 0.1) is 9.96 Å². The highest BCUT2D eigenvalue weighted by atomic mass is 35.5. The zero-order valence-corrected chi connectivity index (χ0v) is 15.6. The molecule has 0 saturated carbocycles. The summed E-state index contributed by atoms with van der Waals surface area (Å²) in [5.41, 5.74) is 7.04. The number of nitrogens with two attached hydrogens (primary N) is 1. The average molecular weight is 389 g/mol. The molecule has 4 nitrogen and oxygen atoms in total. The average Bonchev–Trinajstić information content (AvgIpc) is 3.03. The Hall–Kier alpha value is -0.860. The minimum atomic E-state index is 0. The lowest BCUT2D eigenvalue weighted by Gasteiger charge is -2.09. The number of halogens is 1. The molecule has 0 unspecified atom stereocenters. The van der Waals surface area contributed by atoms with Gasteiger partial charge >= 0.3 is 0 Å². The molecule has 0 atom stereocenters. The van der Waals surface area contributed by atoms with Gasteiger partial charge in [-0.15, -0.1) is 11.8 Å². The molecule has 0 amide bonds. The topological polar surface area (TPSA) is 55.3 Å². The second-order valence-corrected chi connectivity index (χ2v) is 8.37. The Balaban J connectivity index is 0.00000192. The number of morpholine rings is 1. The van der Waals surface area contributed by atoms with Crippen LogP contribution in [0.1, 0.15) is 10.4 Å². The SMILES string of the molecule is Nc1ccc(C(=O)CSc2cc(=[N+]3CCOCC3)ss2)cc1.[Cl-]. The lowest BCUT2D eigenvalue weighted by Crippen LogP contribution is -3.00. The predicted octanol–water partition coefficient (Wildman–Crippen LogP) is -0.827. The van der Waals surface area contributed by atoms with E-state index in [0.717, 1.165) is 31.9 Å². The summed E-state index contributed by atoms with van der Waals surface area (Å²) in [5, 5.41) is 0. The number of ketones is 1. The van der Waals surface area contributed by atoms with Crippen LogP contribution in [-0.4, -0.2) is 37.8 Å². The van der Waals surface area contributed by atoms with Crippen molar-refractivity contribution >= 4 is 43.9 Å². The molecule has 2 heterocycles. The van der Waals surface area contributed by atoms with Crippen molar-refractivity contribution in [1.82, 2.24) is 4.58 Å². The molecule has 1 saturated heterocycles. The van der Waals surface area contributed by atoms with Crippen molar-refractivity contribution in [1.29, 1.82) is 0 Å². The first-order chi connectivity index (χ1) is 10.7. The highest BCUT2D eigenvalue weighted by Gasteiger charge is 2.14. The van der Waals surface area contributed by atoms with E-state index in [9.17, 15) is 4.79 Å². The number of rotatable bonds is 4. The quantitative estimate of drug-likeness (QED) is 0.244. The second-order valence-electron chi connectivity index (χ2n) is 4.90. The van der Waals surface area contributed by atoms with E-state index in [4.69, 9.17) is 10.5 Å². The van der Waals surface area contributed by atoms with E-state index in [0.29, 0.717) is 11.4 Å². The van der Waals surface area contributed by atoms with E-state index in [-0.39, 0.29) is 18.2 Å². The highest BCUT2D eigenvalue weighted by Crippen LogP contribution is 2.25. The summed E-state index contributed by atoms with van der Waals surface area (Å²) in [6.45, 7) is 3.48. The van der Waals surface area contributed by atoms with Gasteiger partial charge in [-0.1, -0.05) is 10.3 Å². The third-order valence-electron chi connectivity index (χ3n) is 3.35. The molecule has 1 aromatic heterocycles. The molecule has 0 aliphatic carbocycles. The maximum atomic E-state index is 12.2. The van der Waals surface area contributed by atoms with Crippen molar-refractivity contribution in [2.24, 2.45) is 0 Å². The number of anilines is 1. The van der Waals surface area contributed by atoms with Gasteiger partial charge in [0.15, 0.2) is 18.9 Å². The van der Waals surface area contributed by atoms with Gasteiger partial charge in [-0.2, -0.15) is 0 Å². The highest BCUT2D eigenvalue weighted by molar-refractivity contribution is 8.03. The smallest absolute Gasteiger partial charge is 0.268 e. The molecule has 1 aromatic carbocycles. The molecule has 0 radical (unpaired) electrons. The Morgan fingerprint density at radius 1 is 1.22 bits per heavy atom. The van der Waals surface area contributed by atoms with Crippen LogP contribution in [0, 0.1) is 0 Å². The summed E-state index contributed by atoms with van der Waals surface area (Å²) < 4.78 is 10.2. The molecule has 0 bridgehead atoms. The number of hydrogen-bond acceptors (Lipinski definition) is 6. The number of Topliss-reactive ketones (excluding diaryl/α,β-unsaturated/α-hetero) is 1. The Morgan fingerprint density at radius 2 is 1.91 bits per heavy atom. The molecule has 1 aliphatic rings. The molecule has 23 heavy (non-hydrogen) atoms. The zero-order valence-electron chi connectivity index (χ0n) is 12.4. The molecule has 0 spiro atoms. The predicted molar refractivity (Wildman–Crippen MR) is 93.9 cm³/mol. The van der Waals surface area contributed by atoms with Crippen LogP contribution in [0.15, 0.2) is 34.5 Å². The Morgan fingerprint density at radius 3 is 2.61 bits per heavy atom. The Kier molecular flexibility index (Phi) is 7.10. The number of nitrogens with zero attached hydrogens (tertiary/aromatic N) is 1. The molecule has 1 aliphatic heterocycles. The third-order valence-corrected chi connectivity index (χ3v) is 7.29. The third kappa shape index (κ3) is 5.06. The minimum absolute atomic E-state index is 0. The van der Waals surface area contributed by atoms with Crippen LogP contribution >= 0.6 is 32.4 Å². The van der Waals surface area contributed by atoms with Gasteiger partial charge in [0, 0.05) is 17.3 Å². The number of benzene rings is 1. The van der Waals surface area contributed by atoms with E-state index in [1.807, 2.05) is 0 Å². The van der Waals surface area contributed by atoms with Gasteiger partial charge in [-0.25, -0.2) is 4.58 Å². The van der Waals surface area contributed by atoms with Gasteiger partial charge in [-0.3, -0.25) is 4.79 Å². The summed E-state index contributed by atoms with van der Waals surface area (Å²) in [7, 11) is 3.50. The van der Waals surface area contributed by atoms with Crippen LogP contribution in [-0.2, 0) is 4.74 Å². The van der Waals surface area contributed by atoms with Crippen LogP contribution in [0.25, 0.3) is 0 Å². The van der Waals surface area contributed by atoms with Gasteiger partial charge in [0.1, 0.15) is 13.2 Å². The first-order valence-electron chi connectivity index (χ1n) is 7.00. The van der Waals surface area contributed by atoms with Gasteiger partial charge in [-0.05, 0) is 34.6 Å². The number of thioether (sulfide) groups is 1. The standard InChI is InChI=1S/C15H16N2O2S3.ClH/c16-12-3-1-11(2-4-12)13(18)10-20-15-9-14(21-22-15)17-5-7-19-8-6-17;/h1-4,9H,5-8,10H2,(H-,16,18);1H. The fourth-order valence-corrected chi connectivity index (χ4v) is 5.90. The maximum Gasteiger partial charge on any atom is 0.268 e. The Labute approximate surface area is 152 Å². The van der Waals surface area contributed by atoms with Crippen LogP contribution < -0.4 is 27.4 Å². The maximum absolute atomic E-state index is 12.2. The lowest BCUT2D eigenvalue weighted by molar-refractivity contribution is -0.0000128. The number of nitrogen functional groups attached to an aromatic ring is 1. The normalized spacial score (nSPS) is 14.3. The van der Waals surface area contributed by atoms with Gasteiger partial charge < -0.3 is 22.9 Å². The van der Waals surface area contributed by atoms with E-state index < -0.39 is 0 Å². The number of ether oxygens (including phenoxy) is 1. The molecular weight excluding hydrogens is 372 g/mol. The van der Waals surface area contributed by atoms with Crippen molar-refractivity contribution in [3.8, 4) is 0 Å². The number of carbonyl (C=O) groups excluding carboxylic acids is 1. The van der Waals surface area contributed by atoms with Gasteiger partial charge in [0.25, 0.3) is 4.67 Å². The van der Waals surface area contributed by atoms with Crippen LogP contribution in [0.5, 0.6) is 0 Å².